The van der Waals surface area contributed by atoms with Crippen LogP contribution in [0.3, 0.4) is 0 Å². The number of rotatable bonds is 4. The summed E-state index contributed by atoms with van der Waals surface area (Å²) in [6.07, 6.45) is 0. The second-order valence-corrected chi connectivity index (χ2v) is 5.04. The normalized spacial score (nSPS) is 12.2. The van der Waals surface area contributed by atoms with Gasteiger partial charge in [-0.25, -0.2) is 0 Å². The number of benzene rings is 1. The van der Waals surface area contributed by atoms with Crippen LogP contribution in [0.2, 0.25) is 0 Å². The minimum absolute atomic E-state index is 0.301. The molecule has 5 nitrogen and oxygen atoms in total. The van der Waals surface area contributed by atoms with Crippen molar-refractivity contribution in [1.82, 2.24) is 10.2 Å². The Morgan fingerprint density at radius 2 is 2.22 bits per heavy atom. The van der Waals surface area contributed by atoms with E-state index in [9.17, 15) is 0 Å². The lowest BCUT2D eigenvalue weighted by atomic mass is 10.3. The summed E-state index contributed by atoms with van der Waals surface area (Å²) >= 11 is 9.23. The van der Waals surface area contributed by atoms with Crippen molar-refractivity contribution in [3.63, 3.8) is 0 Å². The van der Waals surface area contributed by atoms with Gasteiger partial charge in [0.15, 0.2) is 0 Å². The molecule has 0 aliphatic carbocycles. The molecule has 0 amide bonds. The van der Waals surface area contributed by atoms with Crippen molar-refractivity contribution in [3.05, 3.63) is 28.6 Å². The average molecular weight is 333 g/mol. The van der Waals surface area contributed by atoms with Crippen LogP contribution >= 0.6 is 27.5 Å². The van der Waals surface area contributed by atoms with Crippen LogP contribution in [0.25, 0.3) is 0 Å². The summed E-state index contributed by atoms with van der Waals surface area (Å²) in [5.41, 5.74) is 0.806. The number of aromatic nitrogens is 2. The van der Waals surface area contributed by atoms with Crippen LogP contribution in [0.1, 0.15) is 18.2 Å². The van der Waals surface area contributed by atoms with E-state index >= 15 is 0 Å². The Bertz CT molecular complexity index is 545. The summed E-state index contributed by atoms with van der Waals surface area (Å²) in [4.78, 5) is 0. The highest BCUT2D eigenvalue weighted by molar-refractivity contribution is 9.10. The number of nitrogens with one attached hydrogen (secondary N) is 1. The average Bonchev–Trinajstić information content (AvgIpc) is 2.78. The van der Waals surface area contributed by atoms with Crippen molar-refractivity contribution in [2.24, 2.45) is 0 Å². The Morgan fingerprint density at radius 3 is 2.78 bits per heavy atom. The molecule has 96 valence electrons. The number of hydrogen-bond acceptors (Lipinski definition) is 5. The van der Waals surface area contributed by atoms with Crippen molar-refractivity contribution in [2.45, 2.75) is 12.3 Å². The van der Waals surface area contributed by atoms with Gasteiger partial charge in [0.1, 0.15) is 11.1 Å². The van der Waals surface area contributed by atoms with Gasteiger partial charge in [0.2, 0.25) is 5.89 Å². The minimum atomic E-state index is -0.310. The fourth-order valence-corrected chi connectivity index (χ4v) is 1.94. The molecule has 2 aromatic rings. The Labute approximate surface area is 118 Å². The van der Waals surface area contributed by atoms with Gasteiger partial charge in [-0.2, -0.15) is 0 Å². The summed E-state index contributed by atoms with van der Waals surface area (Å²) in [5, 5.41) is 10.3. The number of nitrogens with zero attached hydrogens (tertiary/aromatic N) is 2. The van der Waals surface area contributed by atoms with Crippen molar-refractivity contribution < 1.29 is 9.15 Å². The second kappa shape index (κ2) is 5.58. The molecule has 2 rings (SSSR count). The first-order valence-electron chi connectivity index (χ1n) is 5.18. The van der Waals surface area contributed by atoms with E-state index in [1.54, 1.807) is 14.0 Å². The molecule has 18 heavy (non-hydrogen) atoms. The van der Waals surface area contributed by atoms with Gasteiger partial charge in [-0.05, 0) is 41.1 Å². The predicted octanol–water partition coefficient (Wildman–Crippen LogP) is 3.88. The molecule has 0 radical (unpaired) electrons. The SMILES string of the molecule is COc1ccc(Nc2nnc(C(C)Cl)o2)cc1Br. The van der Waals surface area contributed by atoms with Gasteiger partial charge >= 0.3 is 6.01 Å². The largest absolute Gasteiger partial charge is 0.496 e. The molecule has 0 fully saturated rings. The highest BCUT2D eigenvalue weighted by Gasteiger charge is 2.11. The molecular weight excluding hydrogens is 321 g/mol. The fraction of sp³-hybridized carbons (Fsp3) is 0.273. The van der Waals surface area contributed by atoms with Gasteiger partial charge in [0, 0.05) is 5.69 Å². The summed E-state index contributed by atoms with van der Waals surface area (Å²) in [6, 6.07) is 5.83. The molecule has 1 atom stereocenters. The monoisotopic (exact) mass is 331 g/mol. The van der Waals surface area contributed by atoms with E-state index in [1.165, 1.54) is 0 Å². The van der Waals surface area contributed by atoms with Gasteiger partial charge in [-0.15, -0.1) is 16.7 Å². The van der Waals surface area contributed by atoms with Crippen molar-refractivity contribution >= 4 is 39.2 Å². The zero-order valence-electron chi connectivity index (χ0n) is 9.78. The van der Waals surface area contributed by atoms with Crippen LogP contribution in [0.5, 0.6) is 5.75 Å². The smallest absolute Gasteiger partial charge is 0.320 e. The van der Waals surface area contributed by atoms with Crippen LogP contribution in [0, 0.1) is 0 Å². The van der Waals surface area contributed by atoms with Crippen molar-refractivity contribution in [2.75, 3.05) is 12.4 Å². The van der Waals surface area contributed by atoms with Crippen LogP contribution < -0.4 is 10.1 Å². The van der Waals surface area contributed by atoms with Gasteiger partial charge in [-0.3, -0.25) is 0 Å². The molecule has 7 heteroatoms. The number of methoxy groups -OCH3 is 1. The molecule has 0 saturated heterocycles. The van der Waals surface area contributed by atoms with Crippen LogP contribution in [0.4, 0.5) is 11.7 Å². The zero-order valence-corrected chi connectivity index (χ0v) is 12.1. The van der Waals surface area contributed by atoms with E-state index in [4.69, 9.17) is 20.8 Å². The van der Waals surface area contributed by atoms with E-state index < -0.39 is 0 Å². The van der Waals surface area contributed by atoms with E-state index in [-0.39, 0.29) is 5.38 Å². The zero-order chi connectivity index (χ0) is 13.1. The first-order chi connectivity index (χ1) is 8.60. The third-order valence-electron chi connectivity index (χ3n) is 2.18. The maximum absolute atomic E-state index is 5.84. The Hall–Kier alpha value is -1.27. The molecule has 0 bridgehead atoms. The summed E-state index contributed by atoms with van der Waals surface area (Å²) in [7, 11) is 1.61. The van der Waals surface area contributed by atoms with Crippen LogP contribution in [-0.2, 0) is 0 Å². The predicted molar refractivity (Wildman–Crippen MR) is 72.5 cm³/mol. The van der Waals surface area contributed by atoms with Gasteiger partial charge in [0.05, 0.1) is 11.6 Å². The van der Waals surface area contributed by atoms with Crippen LogP contribution in [-0.4, -0.2) is 17.3 Å². The van der Waals surface area contributed by atoms with E-state index in [0.29, 0.717) is 11.9 Å². The van der Waals surface area contributed by atoms with Crippen molar-refractivity contribution in [1.29, 1.82) is 0 Å². The van der Waals surface area contributed by atoms with E-state index in [1.807, 2.05) is 18.2 Å². The fourth-order valence-electron chi connectivity index (χ4n) is 1.31. The number of anilines is 2. The topological polar surface area (TPSA) is 60.2 Å². The molecule has 0 aliphatic rings. The molecule has 1 N–H and O–H groups in total. The maximum Gasteiger partial charge on any atom is 0.320 e. The number of hydrogen-bond donors (Lipinski definition) is 1. The quantitative estimate of drug-likeness (QED) is 0.861. The molecule has 1 aromatic heterocycles. The molecule has 0 saturated carbocycles. The highest BCUT2D eigenvalue weighted by Crippen LogP contribution is 2.29. The molecule has 1 unspecified atom stereocenters. The molecule has 0 spiro atoms. The summed E-state index contributed by atoms with van der Waals surface area (Å²) in [5.74, 6) is 1.13. The van der Waals surface area contributed by atoms with Crippen molar-refractivity contribution in [3.8, 4) is 5.75 Å². The third kappa shape index (κ3) is 2.94. The first kappa shape index (κ1) is 13.2. The van der Waals surface area contributed by atoms with Gasteiger partial charge in [0.25, 0.3) is 0 Å². The van der Waals surface area contributed by atoms with Gasteiger partial charge in [-0.1, -0.05) is 5.10 Å². The maximum atomic E-state index is 5.84. The van der Waals surface area contributed by atoms with Crippen LogP contribution in [0.15, 0.2) is 27.1 Å². The highest BCUT2D eigenvalue weighted by atomic mass is 79.9. The second-order valence-electron chi connectivity index (χ2n) is 3.54. The molecule has 0 aliphatic heterocycles. The number of alkyl halides is 1. The first-order valence-corrected chi connectivity index (χ1v) is 6.41. The Morgan fingerprint density at radius 1 is 1.44 bits per heavy atom. The summed E-state index contributed by atoms with van der Waals surface area (Å²) < 4.78 is 11.3. The number of ether oxygens (including phenoxy) is 1. The third-order valence-corrected chi connectivity index (χ3v) is 2.99. The lowest BCUT2D eigenvalue weighted by Crippen LogP contribution is -1.91. The molecule has 1 aromatic carbocycles. The van der Waals surface area contributed by atoms with E-state index in [0.717, 1.165) is 15.9 Å². The molecular formula is C11H11BrClN3O2. The molecule has 1 heterocycles. The minimum Gasteiger partial charge on any atom is -0.496 e. The lowest BCUT2D eigenvalue weighted by molar-refractivity contribution is 0.412. The number of halogens is 2. The summed E-state index contributed by atoms with van der Waals surface area (Å²) in [6.45, 7) is 1.77. The standard InChI is InChI=1S/C11H11BrClN3O2/c1-6(13)10-15-16-11(18-10)14-7-3-4-9(17-2)8(12)5-7/h3-6H,1-2H3,(H,14,16). The van der Waals surface area contributed by atoms with E-state index in [2.05, 4.69) is 31.4 Å². The lowest BCUT2D eigenvalue weighted by Gasteiger charge is -2.05. The Kier molecular flexibility index (Phi) is 4.08. The Balaban J connectivity index is 2.15. The van der Waals surface area contributed by atoms with Gasteiger partial charge < -0.3 is 14.5 Å².